The quantitative estimate of drug-likeness (QED) is 0.515. The summed E-state index contributed by atoms with van der Waals surface area (Å²) in [6, 6.07) is 7.43. The van der Waals surface area contributed by atoms with Gasteiger partial charge in [0.2, 0.25) is 5.91 Å². The molecule has 9 heteroatoms. The number of hydrogen-bond donors (Lipinski definition) is 2. The molecule has 0 saturated heterocycles. The van der Waals surface area contributed by atoms with Crippen LogP contribution in [0.2, 0.25) is 0 Å². The standard InChI is InChI=1S/C18H18F2N2O5/c1-25-15-11-12(4-6-13(15)27-18(19)20)5-7-16(23)21-8-9-22-17(24)14-3-2-10-26-14/h2-7,10-11,18H,8-9H2,1H3,(H,21,23)(H,22,24)/b7-5+. The second kappa shape index (κ2) is 9.95. The number of methoxy groups -OCH3 is 1. The van der Waals surface area contributed by atoms with Gasteiger partial charge in [0, 0.05) is 19.2 Å². The molecule has 0 unspecified atom stereocenters. The number of carbonyl (C=O) groups is 2. The molecular formula is C18H18F2N2O5. The highest BCUT2D eigenvalue weighted by atomic mass is 19.3. The van der Waals surface area contributed by atoms with E-state index in [2.05, 4.69) is 15.4 Å². The topological polar surface area (TPSA) is 89.8 Å². The second-order valence-electron chi connectivity index (χ2n) is 5.15. The van der Waals surface area contributed by atoms with Crippen LogP contribution in [0.25, 0.3) is 6.08 Å². The minimum Gasteiger partial charge on any atom is -0.493 e. The zero-order valence-corrected chi connectivity index (χ0v) is 14.4. The Labute approximate surface area is 153 Å². The van der Waals surface area contributed by atoms with Gasteiger partial charge in [-0.25, -0.2) is 0 Å². The third-order valence-corrected chi connectivity index (χ3v) is 3.29. The molecule has 2 amide bonds. The number of rotatable bonds is 9. The Hall–Kier alpha value is -3.36. The fraction of sp³-hybridized carbons (Fsp3) is 0.222. The van der Waals surface area contributed by atoms with Crippen LogP contribution in [0.4, 0.5) is 8.78 Å². The van der Waals surface area contributed by atoms with Gasteiger partial charge in [0.25, 0.3) is 5.91 Å². The van der Waals surface area contributed by atoms with E-state index in [9.17, 15) is 18.4 Å². The van der Waals surface area contributed by atoms with Crippen molar-refractivity contribution >= 4 is 17.9 Å². The summed E-state index contributed by atoms with van der Waals surface area (Å²) in [5.74, 6) is -0.536. The number of alkyl halides is 2. The molecule has 0 bridgehead atoms. The van der Waals surface area contributed by atoms with Crippen LogP contribution in [0.3, 0.4) is 0 Å². The van der Waals surface area contributed by atoms with Gasteiger partial charge in [0.15, 0.2) is 17.3 Å². The highest BCUT2D eigenvalue weighted by molar-refractivity contribution is 5.92. The number of hydrogen-bond acceptors (Lipinski definition) is 5. The van der Waals surface area contributed by atoms with Crippen LogP contribution in [-0.2, 0) is 4.79 Å². The number of furan rings is 1. The second-order valence-corrected chi connectivity index (χ2v) is 5.15. The van der Waals surface area contributed by atoms with Gasteiger partial charge in [-0.1, -0.05) is 6.07 Å². The first kappa shape index (κ1) is 20.0. The molecule has 2 aromatic rings. The van der Waals surface area contributed by atoms with E-state index in [1.807, 2.05) is 0 Å². The third kappa shape index (κ3) is 6.46. The summed E-state index contributed by atoms with van der Waals surface area (Å²) in [6.45, 7) is -2.51. The molecule has 0 fully saturated rings. The van der Waals surface area contributed by atoms with Crippen molar-refractivity contribution in [1.82, 2.24) is 10.6 Å². The smallest absolute Gasteiger partial charge is 0.387 e. The van der Waals surface area contributed by atoms with Gasteiger partial charge in [0.05, 0.1) is 13.4 Å². The number of halogens is 2. The van der Waals surface area contributed by atoms with Crippen LogP contribution in [0.1, 0.15) is 16.1 Å². The van der Waals surface area contributed by atoms with Crippen LogP contribution in [0.5, 0.6) is 11.5 Å². The van der Waals surface area contributed by atoms with E-state index < -0.39 is 6.61 Å². The Morgan fingerprint density at radius 2 is 1.96 bits per heavy atom. The molecule has 0 spiro atoms. The maximum absolute atomic E-state index is 12.3. The van der Waals surface area contributed by atoms with Crippen molar-refractivity contribution < 1.29 is 32.3 Å². The van der Waals surface area contributed by atoms with Crippen molar-refractivity contribution in [1.29, 1.82) is 0 Å². The van der Waals surface area contributed by atoms with Gasteiger partial charge in [-0.05, 0) is 35.9 Å². The average molecular weight is 380 g/mol. The predicted molar refractivity (Wildman–Crippen MR) is 92.7 cm³/mol. The van der Waals surface area contributed by atoms with E-state index >= 15 is 0 Å². The number of carbonyl (C=O) groups excluding carboxylic acids is 2. The Balaban J connectivity index is 1.79. The zero-order valence-electron chi connectivity index (χ0n) is 14.4. The molecule has 7 nitrogen and oxygen atoms in total. The molecule has 1 aromatic heterocycles. The lowest BCUT2D eigenvalue weighted by molar-refractivity contribution is -0.116. The number of benzene rings is 1. The molecule has 0 radical (unpaired) electrons. The Kier molecular flexibility index (Phi) is 7.36. The first-order valence-corrected chi connectivity index (χ1v) is 7.90. The van der Waals surface area contributed by atoms with Gasteiger partial charge in [-0.15, -0.1) is 0 Å². The molecule has 0 aliphatic heterocycles. The fourth-order valence-electron chi connectivity index (χ4n) is 2.07. The van der Waals surface area contributed by atoms with Crippen molar-refractivity contribution in [3.8, 4) is 11.5 Å². The molecule has 2 rings (SSSR count). The van der Waals surface area contributed by atoms with Crippen LogP contribution < -0.4 is 20.1 Å². The van der Waals surface area contributed by atoms with Crippen molar-refractivity contribution in [3.05, 3.63) is 54.0 Å². The molecule has 2 N–H and O–H groups in total. The molecule has 0 aliphatic rings. The highest BCUT2D eigenvalue weighted by Crippen LogP contribution is 2.29. The van der Waals surface area contributed by atoms with Gasteiger partial charge in [0.1, 0.15) is 0 Å². The minimum absolute atomic E-state index is 0.0959. The number of ether oxygens (including phenoxy) is 2. The van der Waals surface area contributed by atoms with Crippen molar-refractivity contribution in [2.24, 2.45) is 0 Å². The molecule has 144 valence electrons. The molecule has 27 heavy (non-hydrogen) atoms. The molecule has 1 heterocycles. The van der Waals surface area contributed by atoms with Crippen LogP contribution in [0, 0.1) is 0 Å². The summed E-state index contributed by atoms with van der Waals surface area (Å²) in [5, 5.41) is 5.18. The highest BCUT2D eigenvalue weighted by Gasteiger charge is 2.10. The molecule has 0 aliphatic carbocycles. The monoisotopic (exact) mass is 380 g/mol. The van der Waals surface area contributed by atoms with Gasteiger partial charge in [-0.2, -0.15) is 8.78 Å². The molecular weight excluding hydrogens is 362 g/mol. The van der Waals surface area contributed by atoms with Crippen molar-refractivity contribution in [2.75, 3.05) is 20.2 Å². The predicted octanol–water partition coefficient (Wildman–Crippen LogP) is 2.45. The average Bonchev–Trinajstić information content (AvgIpc) is 3.18. The molecule has 1 aromatic carbocycles. The Morgan fingerprint density at radius 3 is 2.63 bits per heavy atom. The summed E-state index contributed by atoms with van der Waals surface area (Å²) in [5.41, 5.74) is 0.565. The maximum atomic E-state index is 12.3. The fourth-order valence-corrected chi connectivity index (χ4v) is 2.07. The Morgan fingerprint density at radius 1 is 1.19 bits per heavy atom. The first-order valence-electron chi connectivity index (χ1n) is 7.90. The summed E-state index contributed by atoms with van der Waals surface area (Å²) >= 11 is 0. The molecule has 0 atom stereocenters. The van der Waals surface area contributed by atoms with Gasteiger partial charge >= 0.3 is 6.61 Å². The summed E-state index contributed by atoms with van der Waals surface area (Å²) in [7, 11) is 1.32. The lowest BCUT2D eigenvalue weighted by Gasteiger charge is -2.10. The minimum atomic E-state index is -2.96. The summed E-state index contributed by atoms with van der Waals surface area (Å²) in [6.07, 6.45) is 4.16. The zero-order chi connectivity index (χ0) is 19.6. The Bertz CT molecular complexity index is 791. The number of nitrogens with one attached hydrogen (secondary N) is 2. The van der Waals surface area contributed by atoms with E-state index in [1.54, 1.807) is 6.07 Å². The SMILES string of the molecule is COc1cc(/C=C/C(=O)NCCNC(=O)c2ccco2)ccc1OC(F)F. The summed E-state index contributed by atoms with van der Waals surface area (Å²) in [4.78, 5) is 23.4. The van der Waals surface area contributed by atoms with Gasteiger partial charge < -0.3 is 24.5 Å². The van der Waals surface area contributed by atoms with E-state index in [4.69, 9.17) is 9.15 Å². The van der Waals surface area contributed by atoms with E-state index in [0.717, 1.165) is 0 Å². The van der Waals surface area contributed by atoms with Crippen LogP contribution >= 0.6 is 0 Å². The van der Waals surface area contributed by atoms with Crippen LogP contribution in [0.15, 0.2) is 47.1 Å². The van der Waals surface area contributed by atoms with E-state index in [1.165, 1.54) is 49.8 Å². The van der Waals surface area contributed by atoms with Crippen molar-refractivity contribution in [3.63, 3.8) is 0 Å². The van der Waals surface area contributed by atoms with E-state index in [0.29, 0.717) is 5.56 Å². The van der Waals surface area contributed by atoms with E-state index in [-0.39, 0.29) is 42.2 Å². The molecule has 0 saturated carbocycles. The van der Waals surface area contributed by atoms with Crippen LogP contribution in [-0.4, -0.2) is 38.6 Å². The van der Waals surface area contributed by atoms with Crippen molar-refractivity contribution in [2.45, 2.75) is 6.61 Å². The first-order chi connectivity index (χ1) is 13.0. The number of amides is 2. The third-order valence-electron chi connectivity index (χ3n) is 3.29. The van der Waals surface area contributed by atoms with Gasteiger partial charge in [-0.3, -0.25) is 9.59 Å². The summed E-state index contributed by atoms with van der Waals surface area (Å²) < 4.78 is 38.8. The normalized spacial score (nSPS) is 10.8. The lowest BCUT2D eigenvalue weighted by atomic mass is 10.2. The maximum Gasteiger partial charge on any atom is 0.387 e. The lowest BCUT2D eigenvalue weighted by Crippen LogP contribution is -2.33. The largest absolute Gasteiger partial charge is 0.493 e.